The topological polar surface area (TPSA) is 135 Å². The van der Waals surface area contributed by atoms with Crippen LogP contribution in [0.2, 0.25) is 0 Å². The van der Waals surface area contributed by atoms with Crippen molar-refractivity contribution < 1.29 is 9.72 Å². The zero-order valence-electron chi connectivity index (χ0n) is 10.8. The van der Waals surface area contributed by atoms with Gasteiger partial charge in [0.05, 0.1) is 22.2 Å². The molecular weight excluding hydrogens is 294 g/mol. The van der Waals surface area contributed by atoms with Crippen molar-refractivity contribution in [2.45, 2.75) is 6.92 Å². The first-order valence-electron chi connectivity index (χ1n) is 5.65. The average Bonchev–Trinajstić information content (AvgIpc) is 2.78. The zero-order chi connectivity index (χ0) is 15.6. The number of aromatic nitrogens is 1. The summed E-state index contributed by atoms with van der Waals surface area (Å²) in [4.78, 5) is 26.6. The van der Waals surface area contributed by atoms with Crippen molar-refractivity contribution in [3.63, 3.8) is 0 Å². The van der Waals surface area contributed by atoms with Gasteiger partial charge in [0.2, 0.25) is 0 Å². The standard InChI is InChI=1S/C12H9N5O3S/c1-6-10(21-12(14)15-6)11(18)16-8-3-2-7(5-13)4-9(8)17(19)20/h2-4H,1H3,(H2,14,15)(H,16,18). The molecule has 21 heavy (non-hydrogen) atoms. The number of anilines is 2. The predicted molar refractivity (Wildman–Crippen MR) is 77.0 cm³/mol. The fourth-order valence-corrected chi connectivity index (χ4v) is 2.39. The smallest absolute Gasteiger partial charge is 0.294 e. The van der Waals surface area contributed by atoms with Crippen LogP contribution >= 0.6 is 11.3 Å². The van der Waals surface area contributed by atoms with E-state index in [0.29, 0.717) is 5.69 Å². The first-order chi connectivity index (χ1) is 9.92. The number of nitrogens with zero attached hydrogens (tertiary/aromatic N) is 3. The lowest BCUT2D eigenvalue weighted by atomic mass is 10.2. The summed E-state index contributed by atoms with van der Waals surface area (Å²) in [5.74, 6) is -0.533. The average molecular weight is 303 g/mol. The minimum absolute atomic E-state index is 0.00960. The number of nitrogens with one attached hydrogen (secondary N) is 1. The van der Waals surface area contributed by atoms with E-state index < -0.39 is 10.8 Å². The zero-order valence-corrected chi connectivity index (χ0v) is 11.6. The Kier molecular flexibility index (Phi) is 3.82. The highest BCUT2D eigenvalue weighted by Gasteiger charge is 2.20. The second kappa shape index (κ2) is 5.56. The lowest BCUT2D eigenvalue weighted by molar-refractivity contribution is -0.383. The van der Waals surface area contributed by atoms with Crippen LogP contribution in [0.3, 0.4) is 0 Å². The number of benzene rings is 1. The minimum Gasteiger partial charge on any atom is -0.375 e. The summed E-state index contributed by atoms with van der Waals surface area (Å²) < 4.78 is 0. The third-order valence-corrected chi connectivity index (χ3v) is 3.58. The fourth-order valence-electron chi connectivity index (χ4n) is 1.66. The quantitative estimate of drug-likeness (QED) is 0.658. The minimum atomic E-state index is -0.662. The molecular formula is C12H9N5O3S. The number of nitriles is 1. The third kappa shape index (κ3) is 2.96. The molecule has 3 N–H and O–H groups in total. The molecule has 8 nitrogen and oxygen atoms in total. The summed E-state index contributed by atoms with van der Waals surface area (Å²) >= 11 is 0.996. The molecule has 0 aliphatic rings. The predicted octanol–water partition coefficient (Wildman–Crippen LogP) is 2.07. The van der Waals surface area contributed by atoms with E-state index in [1.54, 1.807) is 13.0 Å². The lowest BCUT2D eigenvalue weighted by Gasteiger charge is -2.05. The molecule has 0 spiro atoms. The molecule has 2 rings (SSSR count). The van der Waals surface area contributed by atoms with Crippen molar-refractivity contribution in [1.82, 2.24) is 4.98 Å². The second-order valence-corrected chi connectivity index (χ2v) is 5.05. The maximum atomic E-state index is 12.1. The molecule has 1 amide bonds. The second-order valence-electron chi connectivity index (χ2n) is 4.02. The molecule has 0 fully saturated rings. The number of nitro benzene ring substituents is 1. The van der Waals surface area contributed by atoms with Crippen LogP contribution in [0.25, 0.3) is 0 Å². The van der Waals surface area contributed by atoms with Gasteiger partial charge in [0.1, 0.15) is 10.6 Å². The number of thiazole rings is 1. The molecule has 2 aromatic rings. The number of nitro groups is 1. The number of hydrogen-bond acceptors (Lipinski definition) is 7. The van der Waals surface area contributed by atoms with Gasteiger partial charge < -0.3 is 11.1 Å². The number of rotatable bonds is 3. The van der Waals surface area contributed by atoms with Crippen LogP contribution in [0, 0.1) is 28.4 Å². The van der Waals surface area contributed by atoms with E-state index in [-0.39, 0.29) is 26.9 Å². The Labute approximate surface area is 123 Å². The SMILES string of the molecule is Cc1nc(N)sc1C(=O)Nc1ccc(C#N)cc1[N+](=O)[O-]. The maximum Gasteiger partial charge on any atom is 0.294 e. The molecule has 0 bridgehead atoms. The van der Waals surface area contributed by atoms with E-state index in [0.717, 1.165) is 17.4 Å². The van der Waals surface area contributed by atoms with Gasteiger partial charge in [-0.25, -0.2) is 4.98 Å². The van der Waals surface area contributed by atoms with Gasteiger partial charge in [0.15, 0.2) is 5.13 Å². The molecule has 9 heteroatoms. The van der Waals surface area contributed by atoms with Crippen molar-refractivity contribution in [3.8, 4) is 6.07 Å². The molecule has 0 saturated heterocycles. The number of carbonyl (C=O) groups excluding carboxylic acids is 1. The van der Waals surface area contributed by atoms with Gasteiger partial charge in [-0.1, -0.05) is 11.3 Å². The number of aryl methyl sites for hydroxylation is 1. The van der Waals surface area contributed by atoms with Crippen LogP contribution in [-0.4, -0.2) is 15.8 Å². The Morgan fingerprint density at radius 1 is 1.57 bits per heavy atom. The van der Waals surface area contributed by atoms with Gasteiger partial charge in [-0.05, 0) is 19.1 Å². The Balaban J connectivity index is 2.35. The fraction of sp³-hybridized carbons (Fsp3) is 0.0833. The molecule has 0 aliphatic heterocycles. The Morgan fingerprint density at radius 3 is 2.81 bits per heavy atom. The normalized spacial score (nSPS) is 9.90. The highest BCUT2D eigenvalue weighted by molar-refractivity contribution is 7.17. The molecule has 1 heterocycles. The molecule has 0 unspecified atom stereocenters. The van der Waals surface area contributed by atoms with Gasteiger partial charge in [-0.2, -0.15) is 5.26 Å². The van der Waals surface area contributed by atoms with Gasteiger partial charge >= 0.3 is 0 Å². The van der Waals surface area contributed by atoms with Crippen molar-refractivity contribution in [2.24, 2.45) is 0 Å². The van der Waals surface area contributed by atoms with Crippen molar-refractivity contribution in [1.29, 1.82) is 5.26 Å². The Bertz CT molecular complexity index is 778. The summed E-state index contributed by atoms with van der Waals surface area (Å²) in [6.45, 7) is 1.62. The highest BCUT2D eigenvalue weighted by Crippen LogP contribution is 2.27. The lowest BCUT2D eigenvalue weighted by Crippen LogP contribution is -2.13. The van der Waals surface area contributed by atoms with E-state index in [1.807, 2.05) is 0 Å². The van der Waals surface area contributed by atoms with Crippen LogP contribution in [-0.2, 0) is 0 Å². The van der Waals surface area contributed by atoms with Crippen LogP contribution in [0.4, 0.5) is 16.5 Å². The van der Waals surface area contributed by atoms with E-state index >= 15 is 0 Å². The number of hydrogen-bond donors (Lipinski definition) is 2. The highest BCUT2D eigenvalue weighted by atomic mass is 32.1. The largest absolute Gasteiger partial charge is 0.375 e. The molecule has 0 atom stereocenters. The summed E-state index contributed by atoms with van der Waals surface area (Å²) in [6, 6.07) is 5.61. The molecule has 1 aromatic heterocycles. The molecule has 0 saturated carbocycles. The van der Waals surface area contributed by atoms with Gasteiger partial charge in [-0.3, -0.25) is 14.9 Å². The van der Waals surface area contributed by atoms with Crippen molar-refractivity contribution in [3.05, 3.63) is 44.4 Å². The van der Waals surface area contributed by atoms with Crippen LogP contribution in [0.15, 0.2) is 18.2 Å². The third-order valence-electron chi connectivity index (χ3n) is 2.59. The van der Waals surface area contributed by atoms with Gasteiger partial charge in [-0.15, -0.1) is 0 Å². The van der Waals surface area contributed by atoms with E-state index in [2.05, 4.69) is 10.3 Å². The number of nitrogen functional groups attached to an aromatic ring is 1. The number of amides is 1. The van der Waals surface area contributed by atoms with E-state index in [1.165, 1.54) is 12.1 Å². The Hall–Kier alpha value is -2.99. The first-order valence-corrected chi connectivity index (χ1v) is 6.47. The van der Waals surface area contributed by atoms with E-state index in [4.69, 9.17) is 11.0 Å². The van der Waals surface area contributed by atoms with Crippen LogP contribution in [0.1, 0.15) is 20.9 Å². The van der Waals surface area contributed by atoms with Crippen molar-refractivity contribution >= 4 is 33.8 Å². The Morgan fingerprint density at radius 2 is 2.29 bits per heavy atom. The molecule has 1 aromatic carbocycles. The summed E-state index contributed by atoms with van der Waals surface area (Å²) in [5, 5.41) is 22.4. The summed E-state index contributed by atoms with van der Waals surface area (Å²) in [6.07, 6.45) is 0. The number of nitrogens with two attached hydrogens (primary N) is 1. The molecule has 106 valence electrons. The van der Waals surface area contributed by atoms with Crippen molar-refractivity contribution in [2.75, 3.05) is 11.1 Å². The maximum absolute atomic E-state index is 12.1. The summed E-state index contributed by atoms with van der Waals surface area (Å²) in [5.41, 5.74) is 5.76. The van der Waals surface area contributed by atoms with Gasteiger partial charge in [0.25, 0.3) is 11.6 Å². The molecule has 0 aliphatic carbocycles. The molecule has 0 radical (unpaired) electrons. The first kappa shape index (κ1) is 14.4. The van der Waals surface area contributed by atoms with Gasteiger partial charge in [0, 0.05) is 6.07 Å². The number of carbonyl (C=O) groups is 1. The summed E-state index contributed by atoms with van der Waals surface area (Å²) in [7, 11) is 0. The van der Waals surface area contributed by atoms with Crippen LogP contribution < -0.4 is 11.1 Å². The van der Waals surface area contributed by atoms with E-state index in [9.17, 15) is 14.9 Å². The van der Waals surface area contributed by atoms with Crippen LogP contribution in [0.5, 0.6) is 0 Å². The monoisotopic (exact) mass is 303 g/mol.